The van der Waals surface area contributed by atoms with Gasteiger partial charge in [0.2, 0.25) is 0 Å². The smallest absolute Gasteiger partial charge is 0.311 e. The van der Waals surface area contributed by atoms with Crippen LogP contribution in [0.4, 0.5) is 4.39 Å². The highest BCUT2D eigenvalue weighted by Crippen LogP contribution is 2.18. The van der Waals surface area contributed by atoms with E-state index in [1.807, 2.05) is 24.3 Å². The molecule has 0 aliphatic carbocycles. The SMILES string of the molecule is CC(OC(=O)Cc1c[nH]c2ccccc12)C(=O)NCc1ccc(F)cc1. The number of hydrogen-bond donors (Lipinski definition) is 2. The van der Waals surface area contributed by atoms with Crippen molar-refractivity contribution in [3.63, 3.8) is 0 Å². The predicted molar refractivity (Wildman–Crippen MR) is 95.8 cm³/mol. The van der Waals surface area contributed by atoms with Crippen molar-refractivity contribution in [1.29, 1.82) is 0 Å². The number of ether oxygens (including phenoxy) is 1. The van der Waals surface area contributed by atoms with Gasteiger partial charge in [0.25, 0.3) is 5.91 Å². The zero-order valence-electron chi connectivity index (χ0n) is 14.3. The Morgan fingerprint density at radius 3 is 2.65 bits per heavy atom. The molecule has 0 bridgehead atoms. The van der Waals surface area contributed by atoms with E-state index < -0.39 is 18.0 Å². The number of fused-ring (bicyclic) bond motifs is 1. The molecule has 5 nitrogen and oxygen atoms in total. The molecule has 2 N–H and O–H groups in total. The summed E-state index contributed by atoms with van der Waals surface area (Å²) in [6.45, 7) is 1.76. The third kappa shape index (κ3) is 4.27. The van der Waals surface area contributed by atoms with Crippen LogP contribution in [0, 0.1) is 5.82 Å². The normalized spacial score (nSPS) is 11.9. The summed E-state index contributed by atoms with van der Waals surface area (Å²) in [5, 5.41) is 3.62. The van der Waals surface area contributed by atoms with Crippen LogP contribution in [0.25, 0.3) is 10.9 Å². The number of esters is 1. The molecule has 134 valence electrons. The summed E-state index contributed by atoms with van der Waals surface area (Å²) in [5.74, 6) is -1.21. The van der Waals surface area contributed by atoms with Gasteiger partial charge in [0.15, 0.2) is 6.10 Å². The Balaban J connectivity index is 1.51. The molecule has 0 spiro atoms. The second-order valence-corrected chi connectivity index (χ2v) is 6.01. The first-order valence-electron chi connectivity index (χ1n) is 8.29. The largest absolute Gasteiger partial charge is 0.452 e. The van der Waals surface area contributed by atoms with Crippen molar-refractivity contribution in [2.75, 3.05) is 0 Å². The molecule has 26 heavy (non-hydrogen) atoms. The molecule has 0 aliphatic heterocycles. The van der Waals surface area contributed by atoms with Crippen LogP contribution in [-0.4, -0.2) is 23.0 Å². The Morgan fingerprint density at radius 1 is 1.15 bits per heavy atom. The van der Waals surface area contributed by atoms with Crippen molar-refractivity contribution in [2.45, 2.75) is 26.0 Å². The third-order valence-electron chi connectivity index (χ3n) is 4.07. The fraction of sp³-hybridized carbons (Fsp3) is 0.200. The van der Waals surface area contributed by atoms with Crippen molar-refractivity contribution in [3.05, 3.63) is 71.7 Å². The zero-order valence-corrected chi connectivity index (χ0v) is 14.3. The first-order chi connectivity index (χ1) is 12.5. The first kappa shape index (κ1) is 17.7. The number of rotatable bonds is 6. The number of carbonyl (C=O) groups excluding carboxylic acids is 2. The fourth-order valence-electron chi connectivity index (χ4n) is 2.66. The molecule has 0 radical (unpaired) electrons. The molecule has 1 heterocycles. The summed E-state index contributed by atoms with van der Waals surface area (Å²) in [5.41, 5.74) is 2.53. The van der Waals surface area contributed by atoms with Crippen molar-refractivity contribution in [1.82, 2.24) is 10.3 Å². The van der Waals surface area contributed by atoms with Gasteiger partial charge in [-0.2, -0.15) is 0 Å². The van der Waals surface area contributed by atoms with E-state index >= 15 is 0 Å². The quantitative estimate of drug-likeness (QED) is 0.668. The van der Waals surface area contributed by atoms with Crippen molar-refractivity contribution < 1.29 is 18.7 Å². The molecule has 3 aromatic rings. The minimum atomic E-state index is -0.909. The van der Waals surface area contributed by atoms with Crippen LogP contribution in [-0.2, 0) is 27.3 Å². The molecular weight excluding hydrogens is 335 g/mol. The molecule has 0 saturated heterocycles. The highest BCUT2D eigenvalue weighted by atomic mass is 19.1. The van der Waals surface area contributed by atoms with Crippen LogP contribution in [0.5, 0.6) is 0 Å². The molecule has 3 rings (SSSR count). The van der Waals surface area contributed by atoms with Crippen molar-refractivity contribution in [3.8, 4) is 0 Å². The van der Waals surface area contributed by atoms with Crippen LogP contribution in [0.15, 0.2) is 54.7 Å². The summed E-state index contributed by atoms with van der Waals surface area (Å²) in [6.07, 6.45) is 0.943. The van der Waals surface area contributed by atoms with Gasteiger partial charge in [0, 0.05) is 23.6 Å². The number of halogens is 1. The van der Waals surface area contributed by atoms with Gasteiger partial charge in [-0.15, -0.1) is 0 Å². The van der Waals surface area contributed by atoms with E-state index in [4.69, 9.17) is 4.74 Å². The van der Waals surface area contributed by atoms with E-state index in [0.717, 1.165) is 22.0 Å². The fourth-order valence-corrected chi connectivity index (χ4v) is 2.66. The lowest BCUT2D eigenvalue weighted by molar-refractivity contribution is -0.154. The topological polar surface area (TPSA) is 71.2 Å². The van der Waals surface area contributed by atoms with Gasteiger partial charge in [0.1, 0.15) is 5.82 Å². The van der Waals surface area contributed by atoms with Crippen LogP contribution < -0.4 is 5.32 Å². The van der Waals surface area contributed by atoms with E-state index in [1.165, 1.54) is 19.1 Å². The van der Waals surface area contributed by atoms with E-state index in [2.05, 4.69) is 10.3 Å². The van der Waals surface area contributed by atoms with Crippen LogP contribution in [0.3, 0.4) is 0 Å². The van der Waals surface area contributed by atoms with E-state index in [-0.39, 0.29) is 18.8 Å². The second kappa shape index (κ2) is 7.82. The number of aromatic amines is 1. The Hall–Kier alpha value is -3.15. The van der Waals surface area contributed by atoms with Gasteiger partial charge < -0.3 is 15.0 Å². The average molecular weight is 354 g/mol. The molecule has 1 atom stereocenters. The van der Waals surface area contributed by atoms with E-state index in [9.17, 15) is 14.0 Å². The van der Waals surface area contributed by atoms with Gasteiger partial charge >= 0.3 is 5.97 Å². The van der Waals surface area contributed by atoms with Gasteiger partial charge in [-0.25, -0.2) is 4.39 Å². The summed E-state index contributed by atoms with van der Waals surface area (Å²) in [6, 6.07) is 13.5. The summed E-state index contributed by atoms with van der Waals surface area (Å²) >= 11 is 0. The first-order valence-corrected chi connectivity index (χ1v) is 8.29. The zero-order chi connectivity index (χ0) is 18.5. The molecule has 0 aliphatic rings. The monoisotopic (exact) mass is 354 g/mol. The lowest BCUT2D eigenvalue weighted by Crippen LogP contribution is -2.35. The summed E-state index contributed by atoms with van der Waals surface area (Å²) in [4.78, 5) is 27.3. The molecule has 1 aromatic heterocycles. The van der Waals surface area contributed by atoms with Gasteiger partial charge in [0.05, 0.1) is 6.42 Å². The Morgan fingerprint density at radius 2 is 1.88 bits per heavy atom. The average Bonchev–Trinajstić information content (AvgIpc) is 3.04. The van der Waals surface area contributed by atoms with Crippen LogP contribution in [0.1, 0.15) is 18.1 Å². The summed E-state index contributed by atoms with van der Waals surface area (Å²) in [7, 11) is 0. The second-order valence-electron chi connectivity index (χ2n) is 6.01. The number of hydrogen-bond acceptors (Lipinski definition) is 3. The maximum Gasteiger partial charge on any atom is 0.311 e. The molecule has 2 aromatic carbocycles. The lowest BCUT2D eigenvalue weighted by Gasteiger charge is -2.13. The number of H-pyrrole nitrogens is 1. The van der Waals surface area contributed by atoms with Crippen LogP contribution in [0.2, 0.25) is 0 Å². The molecular formula is C20H19FN2O3. The predicted octanol–water partition coefficient (Wildman–Crippen LogP) is 3.10. The number of para-hydroxylation sites is 1. The third-order valence-corrected chi connectivity index (χ3v) is 4.07. The van der Waals surface area contributed by atoms with Gasteiger partial charge in [-0.05, 0) is 36.2 Å². The van der Waals surface area contributed by atoms with E-state index in [1.54, 1.807) is 18.3 Å². The van der Waals surface area contributed by atoms with Crippen molar-refractivity contribution in [2.24, 2.45) is 0 Å². The minimum absolute atomic E-state index is 0.0829. The van der Waals surface area contributed by atoms with E-state index in [0.29, 0.717) is 0 Å². The maximum absolute atomic E-state index is 12.9. The summed E-state index contributed by atoms with van der Waals surface area (Å²) < 4.78 is 18.1. The Kier molecular flexibility index (Phi) is 5.31. The molecule has 1 amide bonds. The number of amides is 1. The minimum Gasteiger partial charge on any atom is -0.452 e. The standard InChI is InChI=1S/C20H19FN2O3/c1-13(20(25)23-11-14-6-8-16(21)9-7-14)26-19(24)10-15-12-22-18-5-3-2-4-17(15)18/h2-9,12-13,22H,10-11H2,1H3,(H,23,25). The number of aromatic nitrogens is 1. The highest BCUT2D eigenvalue weighted by molar-refractivity contribution is 5.88. The molecule has 6 heteroatoms. The number of carbonyl (C=O) groups is 2. The Labute approximate surface area is 150 Å². The molecule has 1 unspecified atom stereocenters. The molecule has 0 saturated carbocycles. The van der Waals surface area contributed by atoms with Gasteiger partial charge in [-0.3, -0.25) is 9.59 Å². The number of nitrogens with one attached hydrogen (secondary N) is 2. The molecule has 0 fully saturated rings. The number of benzene rings is 2. The maximum atomic E-state index is 12.9. The van der Waals surface area contributed by atoms with Crippen molar-refractivity contribution >= 4 is 22.8 Å². The highest BCUT2D eigenvalue weighted by Gasteiger charge is 2.18. The lowest BCUT2D eigenvalue weighted by atomic mass is 10.1. The Bertz CT molecular complexity index is 918. The van der Waals surface area contributed by atoms with Crippen LogP contribution >= 0.6 is 0 Å². The van der Waals surface area contributed by atoms with Gasteiger partial charge in [-0.1, -0.05) is 30.3 Å².